The number of rotatable bonds is 4. The second kappa shape index (κ2) is 6.82. The first-order chi connectivity index (χ1) is 11.6. The minimum absolute atomic E-state index is 0.115. The van der Waals surface area contributed by atoms with Crippen LogP contribution in [0, 0.1) is 0 Å². The van der Waals surface area contributed by atoms with Gasteiger partial charge in [-0.1, -0.05) is 49.1 Å². The van der Waals surface area contributed by atoms with Crippen LogP contribution in [-0.4, -0.2) is 37.5 Å². The van der Waals surface area contributed by atoms with Crippen molar-refractivity contribution in [3.8, 4) is 5.69 Å². The molecule has 24 heavy (non-hydrogen) atoms. The highest BCUT2D eigenvalue weighted by Gasteiger charge is 2.40. The van der Waals surface area contributed by atoms with Crippen LogP contribution in [0.25, 0.3) is 5.69 Å². The van der Waals surface area contributed by atoms with Gasteiger partial charge in [0.2, 0.25) is 0 Å². The number of carbonyl (C=O) groups is 2. The molecular weight excluding hydrogens is 308 g/mol. The van der Waals surface area contributed by atoms with Crippen molar-refractivity contribution in [3.05, 3.63) is 42.2 Å². The Morgan fingerprint density at radius 1 is 1.08 bits per heavy atom. The molecule has 7 nitrogen and oxygen atoms in total. The minimum Gasteiger partial charge on any atom is -0.480 e. The Morgan fingerprint density at radius 3 is 2.38 bits per heavy atom. The van der Waals surface area contributed by atoms with Gasteiger partial charge in [0.25, 0.3) is 5.91 Å². The van der Waals surface area contributed by atoms with E-state index in [1.165, 1.54) is 10.9 Å². The number of hydrogen-bond acceptors (Lipinski definition) is 4. The highest BCUT2D eigenvalue weighted by molar-refractivity contribution is 5.96. The van der Waals surface area contributed by atoms with Gasteiger partial charge in [-0.3, -0.25) is 4.79 Å². The SMILES string of the molecule is O=C(NC1(C(=O)O)CCCCCC1)c1cn(-c2ccccc2)nn1. The smallest absolute Gasteiger partial charge is 0.329 e. The van der Waals surface area contributed by atoms with E-state index < -0.39 is 17.4 Å². The van der Waals surface area contributed by atoms with Crippen LogP contribution in [0.15, 0.2) is 36.5 Å². The Balaban J connectivity index is 1.79. The molecule has 0 unspecified atom stereocenters. The number of aromatic nitrogens is 3. The summed E-state index contributed by atoms with van der Waals surface area (Å²) in [5.41, 5.74) is -0.306. The third kappa shape index (κ3) is 3.29. The molecule has 1 heterocycles. The first-order valence-electron chi connectivity index (χ1n) is 8.14. The van der Waals surface area contributed by atoms with E-state index in [1.54, 1.807) is 0 Å². The van der Waals surface area contributed by atoms with Gasteiger partial charge in [-0.15, -0.1) is 5.10 Å². The lowest BCUT2D eigenvalue weighted by Crippen LogP contribution is -2.54. The summed E-state index contributed by atoms with van der Waals surface area (Å²) in [6, 6.07) is 9.31. The van der Waals surface area contributed by atoms with Crippen molar-refractivity contribution in [1.29, 1.82) is 0 Å². The summed E-state index contributed by atoms with van der Waals surface area (Å²) < 4.78 is 1.50. The number of benzene rings is 1. The van der Waals surface area contributed by atoms with Crippen LogP contribution in [0.4, 0.5) is 0 Å². The van der Waals surface area contributed by atoms with Gasteiger partial charge in [0.1, 0.15) is 5.54 Å². The van der Waals surface area contributed by atoms with E-state index in [4.69, 9.17) is 0 Å². The highest BCUT2D eigenvalue weighted by Crippen LogP contribution is 2.27. The van der Waals surface area contributed by atoms with E-state index in [9.17, 15) is 14.7 Å². The van der Waals surface area contributed by atoms with Crippen LogP contribution in [0.2, 0.25) is 0 Å². The summed E-state index contributed by atoms with van der Waals surface area (Å²) in [5.74, 6) is -1.48. The highest BCUT2D eigenvalue weighted by atomic mass is 16.4. The Hall–Kier alpha value is -2.70. The first-order valence-corrected chi connectivity index (χ1v) is 8.14. The number of carboxylic acids is 1. The molecule has 0 aliphatic heterocycles. The largest absolute Gasteiger partial charge is 0.480 e. The minimum atomic E-state index is -1.20. The monoisotopic (exact) mass is 328 g/mol. The van der Waals surface area contributed by atoms with Crippen LogP contribution >= 0.6 is 0 Å². The van der Waals surface area contributed by atoms with Crippen molar-refractivity contribution in [2.24, 2.45) is 0 Å². The van der Waals surface area contributed by atoms with Crippen molar-refractivity contribution < 1.29 is 14.7 Å². The number of aliphatic carboxylic acids is 1. The van der Waals surface area contributed by atoms with Crippen LogP contribution in [0.1, 0.15) is 49.0 Å². The molecule has 2 N–H and O–H groups in total. The van der Waals surface area contributed by atoms with E-state index >= 15 is 0 Å². The molecule has 1 aromatic heterocycles. The van der Waals surface area contributed by atoms with Gasteiger partial charge in [-0.2, -0.15) is 0 Å². The quantitative estimate of drug-likeness (QED) is 0.838. The van der Waals surface area contributed by atoms with E-state index in [-0.39, 0.29) is 5.69 Å². The Kier molecular flexibility index (Phi) is 4.59. The number of carbonyl (C=O) groups excluding carboxylic acids is 1. The molecule has 1 saturated carbocycles. The van der Waals surface area contributed by atoms with E-state index in [0.717, 1.165) is 31.4 Å². The topological polar surface area (TPSA) is 97.1 Å². The zero-order valence-electron chi connectivity index (χ0n) is 13.3. The number of amides is 1. The van der Waals surface area contributed by atoms with Crippen molar-refractivity contribution in [1.82, 2.24) is 20.3 Å². The van der Waals surface area contributed by atoms with Crippen LogP contribution in [0.3, 0.4) is 0 Å². The molecule has 2 aromatic rings. The van der Waals surface area contributed by atoms with Gasteiger partial charge in [0.15, 0.2) is 5.69 Å². The Bertz CT molecular complexity index is 718. The summed E-state index contributed by atoms with van der Waals surface area (Å²) >= 11 is 0. The molecule has 126 valence electrons. The van der Waals surface area contributed by atoms with Gasteiger partial charge in [0, 0.05) is 0 Å². The molecule has 0 radical (unpaired) electrons. The fourth-order valence-electron chi connectivity index (χ4n) is 3.08. The third-order valence-electron chi connectivity index (χ3n) is 4.47. The molecule has 0 saturated heterocycles. The molecule has 1 amide bonds. The van der Waals surface area contributed by atoms with Gasteiger partial charge < -0.3 is 10.4 Å². The zero-order valence-corrected chi connectivity index (χ0v) is 13.3. The number of hydrogen-bond donors (Lipinski definition) is 2. The summed E-state index contributed by atoms with van der Waals surface area (Å²) in [6.07, 6.45) is 5.98. The molecule has 0 atom stereocenters. The molecule has 1 aliphatic carbocycles. The predicted octanol–water partition coefficient (Wildman–Crippen LogP) is 2.17. The zero-order chi connectivity index (χ0) is 17.0. The van der Waals surface area contributed by atoms with Crippen molar-refractivity contribution in [2.75, 3.05) is 0 Å². The first kappa shape index (κ1) is 16.2. The normalized spacial score (nSPS) is 17.0. The Morgan fingerprint density at radius 2 is 1.75 bits per heavy atom. The van der Waals surface area contributed by atoms with Crippen molar-refractivity contribution >= 4 is 11.9 Å². The average Bonchev–Trinajstić information content (AvgIpc) is 2.97. The second-order valence-corrected chi connectivity index (χ2v) is 6.14. The Labute approximate surface area is 139 Å². The van der Waals surface area contributed by atoms with Crippen molar-refractivity contribution in [3.63, 3.8) is 0 Å². The number of carboxylic acid groups (broad SMARTS) is 1. The standard InChI is InChI=1S/C17H20N4O3/c22-15(18-17(16(23)24)10-6-1-2-7-11-17)14-12-21(20-19-14)13-8-4-3-5-9-13/h3-5,8-9,12H,1-2,6-7,10-11H2,(H,18,22)(H,23,24). The van der Waals surface area contributed by atoms with E-state index in [1.807, 2.05) is 30.3 Å². The molecule has 1 aromatic carbocycles. The molecule has 0 spiro atoms. The average molecular weight is 328 g/mol. The molecular formula is C17H20N4O3. The lowest BCUT2D eigenvalue weighted by Gasteiger charge is -2.28. The molecule has 0 bridgehead atoms. The van der Waals surface area contributed by atoms with E-state index in [0.29, 0.717) is 12.8 Å². The van der Waals surface area contributed by atoms with Gasteiger partial charge in [-0.05, 0) is 25.0 Å². The van der Waals surface area contributed by atoms with Crippen LogP contribution in [-0.2, 0) is 4.79 Å². The van der Waals surface area contributed by atoms with Crippen LogP contribution in [0.5, 0.6) is 0 Å². The maximum Gasteiger partial charge on any atom is 0.329 e. The maximum atomic E-state index is 12.5. The molecule has 3 rings (SSSR count). The third-order valence-corrected chi connectivity index (χ3v) is 4.47. The fraction of sp³-hybridized carbons (Fsp3) is 0.412. The van der Waals surface area contributed by atoms with Crippen LogP contribution < -0.4 is 5.32 Å². The number of nitrogens with zero attached hydrogens (tertiary/aromatic N) is 3. The van der Waals surface area contributed by atoms with Gasteiger partial charge in [-0.25, -0.2) is 9.48 Å². The predicted molar refractivity (Wildman–Crippen MR) is 86.9 cm³/mol. The lowest BCUT2D eigenvalue weighted by molar-refractivity contribution is -0.145. The van der Waals surface area contributed by atoms with Gasteiger partial charge >= 0.3 is 5.97 Å². The summed E-state index contributed by atoms with van der Waals surface area (Å²) in [5, 5.41) is 20.2. The van der Waals surface area contributed by atoms with Crippen molar-refractivity contribution in [2.45, 2.75) is 44.1 Å². The second-order valence-electron chi connectivity index (χ2n) is 6.14. The lowest BCUT2D eigenvalue weighted by atomic mass is 9.90. The number of para-hydroxylation sites is 1. The van der Waals surface area contributed by atoms with E-state index in [2.05, 4.69) is 15.6 Å². The summed E-state index contributed by atoms with van der Waals surface area (Å²) in [4.78, 5) is 24.3. The summed E-state index contributed by atoms with van der Waals surface area (Å²) in [7, 11) is 0. The molecule has 1 aliphatic rings. The number of nitrogens with one attached hydrogen (secondary N) is 1. The summed E-state index contributed by atoms with van der Waals surface area (Å²) in [6.45, 7) is 0. The fourth-order valence-corrected chi connectivity index (χ4v) is 3.08. The maximum absolute atomic E-state index is 12.5. The van der Waals surface area contributed by atoms with Gasteiger partial charge in [0.05, 0.1) is 11.9 Å². The molecule has 1 fully saturated rings. The molecule has 7 heteroatoms.